The fourth-order valence-electron chi connectivity index (χ4n) is 2.48. The van der Waals surface area contributed by atoms with Gasteiger partial charge in [-0.25, -0.2) is 0 Å². The Labute approximate surface area is 165 Å². The van der Waals surface area contributed by atoms with E-state index in [1.165, 1.54) is 18.2 Å². The molecule has 0 fully saturated rings. The summed E-state index contributed by atoms with van der Waals surface area (Å²) in [7, 11) is 0. The van der Waals surface area contributed by atoms with E-state index in [4.69, 9.17) is 4.74 Å². The molecule has 0 spiro atoms. The highest BCUT2D eigenvalue weighted by Crippen LogP contribution is 2.31. The van der Waals surface area contributed by atoms with Gasteiger partial charge in [0.1, 0.15) is 12.3 Å². The molecule has 0 atom stereocenters. The molecule has 162 valence electrons. The van der Waals surface area contributed by atoms with Crippen molar-refractivity contribution in [3.05, 3.63) is 69.8 Å². The third-order valence-electron chi connectivity index (χ3n) is 3.80. The number of hydrogen-bond acceptors (Lipinski definition) is 4. The second-order valence-corrected chi connectivity index (χ2v) is 6.07. The summed E-state index contributed by atoms with van der Waals surface area (Å²) in [6, 6.07) is 8.43. The standard InChI is InChI=1S/C18H14F6N2O4/c19-17(20,21)11-25(9-12-4-1-2-7-15(12)26(28)29)16(27)10-30-14-6-3-5-13(8-14)18(22,23)24/h1-8H,9-11H2. The van der Waals surface area contributed by atoms with Gasteiger partial charge in [0.15, 0.2) is 6.61 Å². The van der Waals surface area contributed by atoms with Crippen LogP contribution in [0.1, 0.15) is 11.1 Å². The topological polar surface area (TPSA) is 72.7 Å². The minimum absolute atomic E-state index is 0.140. The van der Waals surface area contributed by atoms with Gasteiger partial charge in [0.2, 0.25) is 0 Å². The van der Waals surface area contributed by atoms with Crippen molar-refractivity contribution >= 4 is 11.6 Å². The second-order valence-electron chi connectivity index (χ2n) is 6.07. The molecule has 0 saturated heterocycles. The van der Waals surface area contributed by atoms with Gasteiger partial charge < -0.3 is 9.64 Å². The van der Waals surface area contributed by atoms with E-state index >= 15 is 0 Å². The van der Waals surface area contributed by atoms with E-state index < -0.39 is 54.1 Å². The number of carbonyl (C=O) groups excluding carboxylic acids is 1. The van der Waals surface area contributed by atoms with Crippen LogP contribution in [0.2, 0.25) is 0 Å². The lowest BCUT2D eigenvalue weighted by atomic mass is 10.1. The number of hydrogen-bond donors (Lipinski definition) is 0. The van der Waals surface area contributed by atoms with Gasteiger partial charge in [0.25, 0.3) is 11.6 Å². The Morgan fingerprint density at radius 3 is 2.30 bits per heavy atom. The van der Waals surface area contributed by atoms with Crippen molar-refractivity contribution in [2.24, 2.45) is 0 Å². The van der Waals surface area contributed by atoms with Crippen LogP contribution in [0.3, 0.4) is 0 Å². The lowest BCUT2D eigenvalue weighted by Gasteiger charge is -2.24. The van der Waals surface area contributed by atoms with E-state index in [1.54, 1.807) is 0 Å². The summed E-state index contributed by atoms with van der Waals surface area (Å²) in [5.74, 6) is -1.57. The summed E-state index contributed by atoms with van der Waals surface area (Å²) in [4.78, 5) is 22.8. The molecule has 0 heterocycles. The Morgan fingerprint density at radius 2 is 1.70 bits per heavy atom. The first-order chi connectivity index (χ1) is 13.9. The predicted molar refractivity (Wildman–Crippen MR) is 91.5 cm³/mol. The van der Waals surface area contributed by atoms with Crippen LogP contribution in [0.15, 0.2) is 48.5 Å². The molecule has 1 amide bonds. The molecule has 12 heteroatoms. The van der Waals surface area contributed by atoms with Crippen molar-refractivity contribution < 1.29 is 40.8 Å². The molecule has 0 aliphatic carbocycles. The molecule has 0 N–H and O–H groups in total. The van der Waals surface area contributed by atoms with Crippen LogP contribution in [0.5, 0.6) is 5.75 Å². The molecule has 2 rings (SSSR count). The fourth-order valence-corrected chi connectivity index (χ4v) is 2.48. The summed E-state index contributed by atoms with van der Waals surface area (Å²) in [6.07, 6.45) is -9.48. The zero-order valence-electron chi connectivity index (χ0n) is 15.0. The monoisotopic (exact) mass is 436 g/mol. The maximum absolute atomic E-state index is 12.9. The van der Waals surface area contributed by atoms with E-state index in [0.717, 1.165) is 24.3 Å². The average Bonchev–Trinajstić information content (AvgIpc) is 2.64. The normalized spacial score (nSPS) is 11.8. The quantitative estimate of drug-likeness (QED) is 0.362. The molecule has 0 radical (unpaired) electrons. The number of nitro benzene ring substituents is 1. The zero-order chi connectivity index (χ0) is 22.5. The van der Waals surface area contributed by atoms with Gasteiger partial charge in [-0.2, -0.15) is 26.3 Å². The molecule has 2 aromatic rings. The molecule has 0 bridgehead atoms. The number of nitrogens with zero attached hydrogens (tertiary/aromatic N) is 2. The van der Waals surface area contributed by atoms with Crippen LogP contribution in [0, 0.1) is 10.1 Å². The highest BCUT2D eigenvalue weighted by molar-refractivity contribution is 5.78. The summed E-state index contributed by atoms with van der Waals surface area (Å²) in [5, 5.41) is 11.0. The van der Waals surface area contributed by atoms with E-state index in [9.17, 15) is 41.3 Å². The number of para-hydroxylation sites is 1. The van der Waals surface area contributed by atoms with Crippen molar-refractivity contribution in [1.29, 1.82) is 0 Å². The maximum Gasteiger partial charge on any atom is 0.416 e. The number of nitro groups is 1. The van der Waals surface area contributed by atoms with Crippen molar-refractivity contribution in [3.63, 3.8) is 0 Å². The van der Waals surface area contributed by atoms with Crippen LogP contribution < -0.4 is 4.74 Å². The summed E-state index contributed by atoms with van der Waals surface area (Å²) >= 11 is 0. The molecule has 0 aromatic heterocycles. The summed E-state index contributed by atoms with van der Waals surface area (Å²) in [5.41, 5.74) is -1.67. The van der Waals surface area contributed by atoms with Gasteiger partial charge in [0.05, 0.1) is 17.0 Å². The largest absolute Gasteiger partial charge is 0.484 e. The zero-order valence-corrected chi connectivity index (χ0v) is 15.0. The molecule has 0 aliphatic rings. The number of alkyl halides is 6. The van der Waals surface area contributed by atoms with Crippen LogP contribution in [0.4, 0.5) is 32.0 Å². The fraction of sp³-hybridized carbons (Fsp3) is 0.278. The molecule has 30 heavy (non-hydrogen) atoms. The Kier molecular flexibility index (Phi) is 6.90. The number of amides is 1. The van der Waals surface area contributed by atoms with Gasteiger partial charge in [0, 0.05) is 11.6 Å². The minimum atomic E-state index is -4.81. The predicted octanol–water partition coefficient (Wildman–Crippen LogP) is 4.58. The van der Waals surface area contributed by atoms with Crippen molar-refractivity contribution in [2.75, 3.05) is 13.2 Å². The minimum Gasteiger partial charge on any atom is -0.484 e. The van der Waals surface area contributed by atoms with Gasteiger partial charge >= 0.3 is 12.4 Å². The third-order valence-corrected chi connectivity index (χ3v) is 3.80. The molecule has 2 aromatic carbocycles. The molecular formula is C18H14F6N2O4. The van der Waals surface area contributed by atoms with Crippen molar-refractivity contribution in [2.45, 2.75) is 18.9 Å². The summed E-state index contributed by atoms with van der Waals surface area (Å²) < 4.78 is 81.7. The van der Waals surface area contributed by atoms with Gasteiger partial charge in [-0.05, 0) is 18.2 Å². The van der Waals surface area contributed by atoms with Crippen LogP contribution in [-0.2, 0) is 17.5 Å². The van der Waals surface area contributed by atoms with Crippen molar-refractivity contribution in [1.82, 2.24) is 4.90 Å². The Morgan fingerprint density at radius 1 is 1.03 bits per heavy atom. The first-order valence-corrected chi connectivity index (χ1v) is 8.24. The molecule has 6 nitrogen and oxygen atoms in total. The van der Waals surface area contributed by atoms with Crippen LogP contribution >= 0.6 is 0 Å². The number of ether oxygens (including phenoxy) is 1. The van der Waals surface area contributed by atoms with E-state index in [0.29, 0.717) is 6.07 Å². The van der Waals surface area contributed by atoms with Gasteiger partial charge in [-0.1, -0.05) is 24.3 Å². The van der Waals surface area contributed by atoms with Crippen molar-refractivity contribution in [3.8, 4) is 5.75 Å². The van der Waals surface area contributed by atoms with Gasteiger partial charge in [-0.15, -0.1) is 0 Å². The smallest absolute Gasteiger partial charge is 0.416 e. The Bertz CT molecular complexity index is 914. The number of rotatable bonds is 7. The Balaban J connectivity index is 2.18. The van der Waals surface area contributed by atoms with Crippen LogP contribution in [0.25, 0.3) is 0 Å². The number of carbonyl (C=O) groups is 1. The van der Waals surface area contributed by atoms with Gasteiger partial charge in [-0.3, -0.25) is 14.9 Å². The summed E-state index contributed by atoms with van der Waals surface area (Å²) in [6.45, 7) is -3.44. The lowest BCUT2D eigenvalue weighted by Crippen LogP contribution is -2.41. The molecule has 0 unspecified atom stereocenters. The Hall–Kier alpha value is -3.31. The first kappa shape index (κ1) is 23.0. The molecule has 0 aliphatic heterocycles. The lowest BCUT2D eigenvalue weighted by molar-refractivity contribution is -0.385. The van der Waals surface area contributed by atoms with Crippen LogP contribution in [-0.4, -0.2) is 35.1 Å². The molecule has 0 saturated carbocycles. The highest BCUT2D eigenvalue weighted by Gasteiger charge is 2.34. The van der Waals surface area contributed by atoms with E-state index in [2.05, 4.69) is 0 Å². The highest BCUT2D eigenvalue weighted by atomic mass is 19.4. The number of halogens is 6. The third kappa shape index (κ3) is 6.64. The van der Waals surface area contributed by atoms with E-state index in [-0.39, 0.29) is 16.2 Å². The first-order valence-electron chi connectivity index (χ1n) is 8.24. The average molecular weight is 436 g/mol. The molecular weight excluding hydrogens is 422 g/mol. The number of benzene rings is 2. The maximum atomic E-state index is 12.9. The SMILES string of the molecule is O=C(COc1cccc(C(F)(F)F)c1)N(Cc1ccccc1[N+](=O)[O-])CC(F)(F)F. The van der Waals surface area contributed by atoms with E-state index in [1.807, 2.05) is 0 Å². The second kappa shape index (κ2) is 9.01.